The van der Waals surface area contributed by atoms with Gasteiger partial charge in [-0.15, -0.1) is 0 Å². The molecule has 26 heavy (non-hydrogen) atoms. The van der Waals surface area contributed by atoms with Crippen molar-refractivity contribution in [3.63, 3.8) is 0 Å². The van der Waals surface area contributed by atoms with E-state index in [9.17, 15) is 9.59 Å². The van der Waals surface area contributed by atoms with E-state index in [4.69, 9.17) is 9.26 Å². The van der Waals surface area contributed by atoms with Crippen molar-refractivity contribution in [2.24, 2.45) is 0 Å². The smallest absolute Gasteiger partial charge is 0.259 e. The molecule has 0 N–H and O–H groups in total. The van der Waals surface area contributed by atoms with E-state index in [1.165, 1.54) is 0 Å². The van der Waals surface area contributed by atoms with Crippen LogP contribution < -0.4 is 0 Å². The van der Waals surface area contributed by atoms with E-state index < -0.39 is 0 Å². The van der Waals surface area contributed by atoms with Crippen molar-refractivity contribution in [2.45, 2.75) is 45.3 Å². The normalized spacial score (nSPS) is 25.8. The molecule has 0 radical (unpaired) electrons. The van der Waals surface area contributed by atoms with Crippen molar-refractivity contribution in [1.82, 2.24) is 19.9 Å². The lowest BCUT2D eigenvalue weighted by Crippen LogP contribution is -2.62. The van der Waals surface area contributed by atoms with E-state index >= 15 is 0 Å². The van der Waals surface area contributed by atoms with Crippen molar-refractivity contribution in [2.75, 3.05) is 39.4 Å². The highest BCUT2D eigenvalue weighted by molar-refractivity contribution is 5.97. The van der Waals surface area contributed by atoms with Crippen LogP contribution in [0.5, 0.6) is 0 Å². The fourth-order valence-electron chi connectivity index (χ4n) is 4.87. The van der Waals surface area contributed by atoms with Crippen LogP contribution in [-0.2, 0) is 9.53 Å². The minimum Gasteiger partial charge on any atom is -0.381 e. The SMILES string of the molecule is CCN1C(=O)[C@H]2CN(C(=O)c3c(C)noc3C)CCN2C12CCOCC2. The molecule has 2 amide bonds. The molecule has 8 heteroatoms. The minimum atomic E-state index is -0.272. The number of aryl methyl sites for hydroxylation is 2. The lowest BCUT2D eigenvalue weighted by atomic mass is 9.96. The first kappa shape index (κ1) is 17.5. The first-order valence-electron chi connectivity index (χ1n) is 9.37. The predicted octanol–water partition coefficient (Wildman–Crippen LogP) is 0.787. The maximum Gasteiger partial charge on any atom is 0.259 e. The molecule has 8 nitrogen and oxygen atoms in total. The summed E-state index contributed by atoms with van der Waals surface area (Å²) in [5, 5.41) is 3.89. The standard InChI is InChI=1S/C18H26N4O4/c1-4-21-16(23)14-11-20(17(24)15-12(2)19-26-13(15)3)7-8-22(14)18(21)5-9-25-10-6-18/h14H,4-11H2,1-3H3/t14-/m1/s1. The van der Waals surface area contributed by atoms with Crippen LogP contribution in [0.3, 0.4) is 0 Å². The van der Waals surface area contributed by atoms with E-state index in [2.05, 4.69) is 10.1 Å². The van der Waals surface area contributed by atoms with Gasteiger partial charge < -0.3 is 19.1 Å². The number of fused-ring (bicyclic) bond motifs is 2. The second-order valence-corrected chi connectivity index (χ2v) is 7.34. The van der Waals surface area contributed by atoms with Gasteiger partial charge in [-0.1, -0.05) is 5.16 Å². The number of carbonyl (C=O) groups excluding carboxylic acids is 2. The Morgan fingerprint density at radius 1 is 1.27 bits per heavy atom. The number of likely N-dealkylation sites (N-methyl/N-ethyl adjacent to an activating group) is 1. The summed E-state index contributed by atoms with van der Waals surface area (Å²) in [4.78, 5) is 32.2. The molecule has 0 saturated carbocycles. The van der Waals surface area contributed by atoms with E-state index in [0.29, 0.717) is 56.4 Å². The maximum absolute atomic E-state index is 13.1. The summed E-state index contributed by atoms with van der Waals surface area (Å²) in [6.07, 6.45) is 1.67. The lowest BCUT2D eigenvalue weighted by molar-refractivity contribution is -0.135. The second-order valence-electron chi connectivity index (χ2n) is 7.34. The highest BCUT2D eigenvalue weighted by Crippen LogP contribution is 2.41. The number of carbonyl (C=O) groups is 2. The molecule has 1 aromatic rings. The van der Waals surface area contributed by atoms with Crippen LogP contribution in [0.25, 0.3) is 0 Å². The Morgan fingerprint density at radius 3 is 2.62 bits per heavy atom. The Labute approximate surface area is 153 Å². The number of ether oxygens (including phenoxy) is 1. The van der Waals surface area contributed by atoms with E-state index in [1.807, 2.05) is 11.8 Å². The highest BCUT2D eigenvalue weighted by Gasteiger charge is 2.58. The molecule has 3 aliphatic heterocycles. The number of hydrogen-bond acceptors (Lipinski definition) is 6. The number of nitrogens with zero attached hydrogens (tertiary/aromatic N) is 4. The Bertz CT molecular complexity index is 705. The van der Waals surface area contributed by atoms with Gasteiger partial charge in [-0.05, 0) is 20.8 Å². The van der Waals surface area contributed by atoms with Crippen LogP contribution in [0.4, 0.5) is 0 Å². The number of amides is 2. The molecule has 3 saturated heterocycles. The summed E-state index contributed by atoms with van der Waals surface area (Å²) in [7, 11) is 0. The topological polar surface area (TPSA) is 79.1 Å². The van der Waals surface area contributed by atoms with Gasteiger partial charge in [-0.25, -0.2) is 0 Å². The zero-order valence-electron chi connectivity index (χ0n) is 15.7. The molecule has 4 rings (SSSR count). The average Bonchev–Trinajstić information content (AvgIpc) is 3.10. The Hall–Kier alpha value is -1.93. The fraction of sp³-hybridized carbons (Fsp3) is 0.722. The van der Waals surface area contributed by atoms with Gasteiger partial charge in [0.25, 0.3) is 5.91 Å². The van der Waals surface area contributed by atoms with Gasteiger partial charge in [0.1, 0.15) is 23.0 Å². The van der Waals surface area contributed by atoms with Crippen molar-refractivity contribution >= 4 is 11.8 Å². The maximum atomic E-state index is 13.1. The third kappa shape index (κ3) is 2.39. The predicted molar refractivity (Wildman–Crippen MR) is 92.5 cm³/mol. The summed E-state index contributed by atoms with van der Waals surface area (Å²) in [6, 6.07) is -0.272. The van der Waals surface area contributed by atoms with Gasteiger partial charge in [0.2, 0.25) is 5.91 Å². The molecule has 3 aliphatic rings. The van der Waals surface area contributed by atoms with Crippen LogP contribution in [0.15, 0.2) is 4.52 Å². The molecule has 4 heterocycles. The number of piperazine rings is 1. The highest BCUT2D eigenvalue weighted by atomic mass is 16.5. The van der Waals surface area contributed by atoms with Crippen LogP contribution >= 0.6 is 0 Å². The van der Waals surface area contributed by atoms with Gasteiger partial charge in [-0.2, -0.15) is 0 Å². The van der Waals surface area contributed by atoms with Gasteiger partial charge in [0.15, 0.2) is 0 Å². The molecule has 0 bridgehead atoms. The van der Waals surface area contributed by atoms with Gasteiger partial charge >= 0.3 is 0 Å². The molecule has 1 spiro atoms. The first-order chi connectivity index (χ1) is 12.5. The molecule has 0 aliphatic carbocycles. The van der Waals surface area contributed by atoms with Crippen molar-refractivity contribution < 1.29 is 18.8 Å². The van der Waals surface area contributed by atoms with Crippen molar-refractivity contribution in [1.29, 1.82) is 0 Å². The largest absolute Gasteiger partial charge is 0.381 e. The third-order valence-corrected chi connectivity index (χ3v) is 6.11. The van der Waals surface area contributed by atoms with Crippen LogP contribution in [0.2, 0.25) is 0 Å². The first-order valence-corrected chi connectivity index (χ1v) is 9.37. The van der Waals surface area contributed by atoms with Crippen LogP contribution in [-0.4, -0.2) is 82.8 Å². The van der Waals surface area contributed by atoms with E-state index in [0.717, 1.165) is 12.8 Å². The molecular weight excluding hydrogens is 336 g/mol. The molecular formula is C18H26N4O4. The average molecular weight is 362 g/mol. The molecule has 3 fully saturated rings. The summed E-state index contributed by atoms with van der Waals surface area (Å²) in [5.41, 5.74) is 0.883. The molecule has 0 aromatic carbocycles. The Kier molecular flexibility index (Phi) is 4.27. The Morgan fingerprint density at radius 2 is 2.00 bits per heavy atom. The van der Waals surface area contributed by atoms with Crippen LogP contribution in [0, 0.1) is 13.8 Å². The second kappa shape index (κ2) is 6.35. The monoisotopic (exact) mass is 362 g/mol. The van der Waals surface area contributed by atoms with Crippen LogP contribution in [0.1, 0.15) is 41.6 Å². The lowest BCUT2D eigenvalue weighted by Gasteiger charge is -2.48. The zero-order chi connectivity index (χ0) is 18.5. The third-order valence-electron chi connectivity index (χ3n) is 6.11. The molecule has 1 aromatic heterocycles. The number of hydrogen-bond donors (Lipinski definition) is 0. The summed E-state index contributed by atoms with van der Waals surface area (Å²) in [6.45, 7) is 9.31. The van der Waals surface area contributed by atoms with Gasteiger partial charge in [0, 0.05) is 39.0 Å². The van der Waals surface area contributed by atoms with Crippen molar-refractivity contribution in [3.8, 4) is 0 Å². The van der Waals surface area contributed by atoms with Gasteiger partial charge in [-0.3, -0.25) is 14.5 Å². The summed E-state index contributed by atoms with van der Waals surface area (Å²) < 4.78 is 10.7. The molecule has 1 atom stereocenters. The minimum absolute atomic E-state index is 0.0929. The number of rotatable bonds is 2. The Balaban J connectivity index is 1.59. The van der Waals surface area contributed by atoms with Crippen molar-refractivity contribution in [3.05, 3.63) is 17.0 Å². The van der Waals surface area contributed by atoms with Gasteiger partial charge in [0.05, 0.1) is 18.9 Å². The molecule has 142 valence electrons. The number of aromatic nitrogens is 1. The van der Waals surface area contributed by atoms with E-state index in [-0.39, 0.29) is 23.5 Å². The summed E-state index contributed by atoms with van der Waals surface area (Å²) >= 11 is 0. The quantitative estimate of drug-likeness (QED) is 0.774. The van der Waals surface area contributed by atoms with E-state index in [1.54, 1.807) is 18.7 Å². The fourth-order valence-corrected chi connectivity index (χ4v) is 4.87. The zero-order valence-corrected chi connectivity index (χ0v) is 15.7. The molecule has 0 unspecified atom stereocenters. The summed E-state index contributed by atoms with van der Waals surface area (Å²) in [5.74, 6) is 0.569.